The Morgan fingerprint density at radius 2 is 1.75 bits per heavy atom. The molecule has 0 aromatic heterocycles. The van der Waals surface area contributed by atoms with E-state index in [1.807, 2.05) is 0 Å². The van der Waals surface area contributed by atoms with E-state index in [9.17, 15) is 4.79 Å². The van der Waals surface area contributed by atoms with Crippen molar-refractivity contribution >= 4 is 17.6 Å². The van der Waals surface area contributed by atoms with E-state index >= 15 is 0 Å². The second-order valence-corrected chi connectivity index (χ2v) is 4.02. The Bertz CT molecular complexity index is 249. The van der Waals surface area contributed by atoms with Crippen molar-refractivity contribution in [2.24, 2.45) is 11.8 Å². The van der Waals surface area contributed by atoms with Crippen LogP contribution in [0.25, 0.3) is 0 Å². The van der Waals surface area contributed by atoms with E-state index in [2.05, 4.69) is 0 Å². The van der Waals surface area contributed by atoms with Gasteiger partial charge in [-0.05, 0) is 37.5 Å². The van der Waals surface area contributed by atoms with Gasteiger partial charge in [0.15, 0.2) is 0 Å². The molecular formula is C9H11ClO2. The zero-order valence-electron chi connectivity index (χ0n) is 6.72. The summed E-state index contributed by atoms with van der Waals surface area (Å²) in [6, 6.07) is 0. The average Bonchev–Trinajstić information content (AvgIpc) is 2.05. The molecule has 1 fully saturated rings. The van der Waals surface area contributed by atoms with Gasteiger partial charge in [0.25, 0.3) is 0 Å². The molecule has 0 unspecified atom stereocenters. The quantitative estimate of drug-likeness (QED) is 0.683. The SMILES string of the molecule is O=C(O)C1=C(Cl)C2CCC1CC2. The van der Waals surface area contributed by atoms with Crippen molar-refractivity contribution in [2.45, 2.75) is 25.7 Å². The molecule has 3 rings (SSSR count). The topological polar surface area (TPSA) is 37.3 Å². The number of carboxylic acids is 1. The zero-order chi connectivity index (χ0) is 8.72. The molecule has 2 bridgehead atoms. The summed E-state index contributed by atoms with van der Waals surface area (Å²) in [7, 11) is 0. The minimum absolute atomic E-state index is 0.236. The monoisotopic (exact) mass is 186 g/mol. The van der Waals surface area contributed by atoms with E-state index in [1.165, 1.54) is 0 Å². The summed E-state index contributed by atoms with van der Waals surface area (Å²) in [5, 5.41) is 9.52. The maximum absolute atomic E-state index is 10.8. The molecule has 0 spiro atoms. The Balaban J connectivity index is 2.39. The van der Waals surface area contributed by atoms with Gasteiger partial charge in [0.05, 0.1) is 5.57 Å². The highest BCUT2D eigenvalue weighted by Crippen LogP contribution is 2.46. The molecule has 0 radical (unpaired) electrons. The maximum atomic E-state index is 10.8. The van der Waals surface area contributed by atoms with Crippen LogP contribution in [0.15, 0.2) is 10.6 Å². The number of aliphatic carboxylic acids is 1. The van der Waals surface area contributed by atoms with Crippen LogP contribution in [0.5, 0.6) is 0 Å². The summed E-state index contributed by atoms with van der Waals surface area (Å²) in [6.07, 6.45) is 4.20. The molecule has 1 N–H and O–H groups in total. The molecule has 66 valence electrons. The molecule has 12 heavy (non-hydrogen) atoms. The smallest absolute Gasteiger partial charge is 0.333 e. The van der Waals surface area contributed by atoms with Crippen LogP contribution in [0, 0.1) is 11.8 Å². The lowest BCUT2D eigenvalue weighted by Crippen LogP contribution is -2.28. The standard InChI is InChI=1S/C9H11ClO2/c10-8-6-3-1-5(2-4-6)7(8)9(11)12/h5-6H,1-4H2,(H,11,12). The van der Waals surface area contributed by atoms with E-state index in [0.717, 1.165) is 25.7 Å². The van der Waals surface area contributed by atoms with Crippen LogP contribution in [-0.2, 0) is 4.79 Å². The minimum Gasteiger partial charge on any atom is -0.478 e. The van der Waals surface area contributed by atoms with Crippen molar-refractivity contribution in [3.63, 3.8) is 0 Å². The fraction of sp³-hybridized carbons (Fsp3) is 0.667. The summed E-state index contributed by atoms with van der Waals surface area (Å²) in [6.45, 7) is 0. The van der Waals surface area contributed by atoms with Gasteiger partial charge >= 0.3 is 5.97 Å². The second kappa shape index (κ2) is 2.77. The van der Waals surface area contributed by atoms with Crippen LogP contribution < -0.4 is 0 Å². The molecule has 0 atom stereocenters. The number of hydrogen-bond acceptors (Lipinski definition) is 1. The normalized spacial score (nSPS) is 34.1. The van der Waals surface area contributed by atoms with E-state index in [1.54, 1.807) is 0 Å². The lowest BCUT2D eigenvalue weighted by Gasteiger charge is -2.36. The van der Waals surface area contributed by atoms with E-state index in [0.29, 0.717) is 16.5 Å². The predicted molar refractivity (Wildman–Crippen MR) is 46.0 cm³/mol. The number of allylic oxidation sites excluding steroid dienone is 1. The number of halogens is 1. The zero-order valence-corrected chi connectivity index (χ0v) is 7.47. The highest BCUT2D eigenvalue weighted by Gasteiger charge is 2.37. The third-order valence-electron chi connectivity index (χ3n) is 2.98. The van der Waals surface area contributed by atoms with Crippen molar-refractivity contribution in [2.75, 3.05) is 0 Å². The number of fused-ring (bicyclic) bond motifs is 2. The van der Waals surface area contributed by atoms with Crippen LogP contribution in [0.3, 0.4) is 0 Å². The maximum Gasteiger partial charge on any atom is 0.333 e. The first-order valence-corrected chi connectivity index (χ1v) is 4.71. The van der Waals surface area contributed by atoms with Gasteiger partial charge in [-0.1, -0.05) is 11.6 Å². The first-order valence-electron chi connectivity index (χ1n) is 4.33. The highest BCUT2D eigenvalue weighted by atomic mass is 35.5. The van der Waals surface area contributed by atoms with Crippen LogP contribution >= 0.6 is 11.6 Å². The summed E-state index contributed by atoms with van der Waals surface area (Å²) in [5.74, 6) is -0.225. The first-order chi connectivity index (χ1) is 5.70. The van der Waals surface area contributed by atoms with Gasteiger partial charge in [-0.25, -0.2) is 4.79 Å². The second-order valence-electron chi connectivity index (χ2n) is 3.62. The van der Waals surface area contributed by atoms with Crippen molar-refractivity contribution in [1.82, 2.24) is 0 Å². The average molecular weight is 187 g/mol. The largest absolute Gasteiger partial charge is 0.478 e. The van der Waals surface area contributed by atoms with E-state index in [-0.39, 0.29) is 5.92 Å². The van der Waals surface area contributed by atoms with Crippen LogP contribution in [0.1, 0.15) is 25.7 Å². The number of rotatable bonds is 1. The Morgan fingerprint density at radius 1 is 1.25 bits per heavy atom. The van der Waals surface area contributed by atoms with Crippen LogP contribution in [0.2, 0.25) is 0 Å². The molecule has 2 nitrogen and oxygen atoms in total. The lowest BCUT2D eigenvalue weighted by molar-refractivity contribution is -0.133. The molecule has 1 saturated carbocycles. The van der Waals surface area contributed by atoms with E-state index in [4.69, 9.17) is 16.7 Å². The Hall–Kier alpha value is -0.500. The van der Waals surface area contributed by atoms with Gasteiger partial charge in [-0.2, -0.15) is 0 Å². The van der Waals surface area contributed by atoms with Crippen molar-refractivity contribution in [3.8, 4) is 0 Å². The van der Waals surface area contributed by atoms with Crippen LogP contribution in [-0.4, -0.2) is 11.1 Å². The minimum atomic E-state index is -0.811. The Labute approximate surface area is 76.2 Å². The van der Waals surface area contributed by atoms with Crippen molar-refractivity contribution < 1.29 is 9.90 Å². The molecule has 3 heteroatoms. The van der Waals surface area contributed by atoms with Gasteiger partial charge in [0, 0.05) is 5.03 Å². The van der Waals surface area contributed by atoms with Gasteiger partial charge in [0.2, 0.25) is 0 Å². The molecular weight excluding hydrogens is 176 g/mol. The Morgan fingerprint density at radius 3 is 2.08 bits per heavy atom. The van der Waals surface area contributed by atoms with Crippen molar-refractivity contribution in [3.05, 3.63) is 10.6 Å². The molecule has 3 aliphatic rings. The van der Waals surface area contributed by atoms with Gasteiger partial charge in [-0.3, -0.25) is 0 Å². The van der Waals surface area contributed by atoms with Crippen molar-refractivity contribution in [1.29, 1.82) is 0 Å². The molecule has 3 aliphatic carbocycles. The van der Waals surface area contributed by atoms with Gasteiger partial charge in [0.1, 0.15) is 0 Å². The lowest BCUT2D eigenvalue weighted by atomic mass is 9.71. The molecule has 0 saturated heterocycles. The molecule has 0 aromatic carbocycles. The highest BCUT2D eigenvalue weighted by molar-refractivity contribution is 6.32. The van der Waals surface area contributed by atoms with E-state index < -0.39 is 5.97 Å². The molecule has 0 aliphatic heterocycles. The summed E-state index contributed by atoms with van der Waals surface area (Å²) in [4.78, 5) is 10.8. The predicted octanol–water partition coefficient (Wildman–Crippen LogP) is 2.38. The fourth-order valence-electron chi connectivity index (χ4n) is 2.33. The molecule has 0 amide bonds. The summed E-state index contributed by atoms with van der Waals surface area (Å²) < 4.78 is 0. The number of carboxylic acid groups (broad SMARTS) is 1. The third kappa shape index (κ3) is 1.06. The Kier molecular flexibility index (Phi) is 1.87. The molecule has 0 aromatic rings. The van der Waals surface area contributed by atoms with Gasteiger partial charge in [-0.15, -0.1) is 0 Å². The summed E-state index contributed by atoms with van der Waals surface area (Å²) >= 11 is 5.97. The number of carbonyl (C=O) groups is 1. The first kappa shape index (κ1) is 8.11. The fourth-order valence-corrected chi connectivity index (χ4v) is 2.78. The number of hydrogen-bond donors (Lipinski definition) is 1. The van der Waals surface area contributed by atoms with Crippen LogP contribution in [0.4, 0.5) is 0 Å². The molecule has 0 heterocycles. The third-order valence-corrected chi connectivity index (χ3v) is 3.49. The summed E-state index contributed by atoms with van der Waals surface area (Å²) in [5.41, 5.74) is 0.499. The van der Waals surface area contributed by atoms with Gasteiger partial charge < -0.3 is 5.11 Å².